The van der Waals surface area contributed by atoms with Crippen LogP contribution in [0.4, 0.5) is 0 Å². The van der Waals surface area contributed by atoms with Crippen molar-refractivity contribution in [2.45, 2.75) is 39.5 Å². The predicted octanol–water partition coefficient (Wildman–Crippen LogP) is 4.61. The first-order chi connectivity index (χ1) is 14.6. The van der Waals surface area contributed by atoms with Crippen molar-refractivity contribution in [2.24, 2.45) is 0 Å². The van der Waals surface area contributed by atoms with Gasteiger partial charge in [0, 0.05) is 17.5 Å². The van der Waals surface area contributed by atoms with Crippen LogP contribution in [0.25, 0.3) is 11.1 Å². The van der Waals surface area contributed by atoms with Gasteiger partial charge in [0.25, 0.3) is 0 Å². The molecule has 0 aromatic heterocycles. The Morgan fingerprint density at radius 3 is 2.53 bits per heavy atom. The summed E-state index contributed by atoms with van der Waals surface area (Å²) in [5, 5.41) is 0. The number of hydrogen-bond donors (Lipinski definition) is 0. The Hall–Kier alpha value is -3.02. The Morgan fingerprint density at radius 2 is 1.80 bits per heavy atom. The van der Waals surface area contributed by atoms with E-state index in [1.165, 1.54) is 0 Å². The van der Waals surface area contributed by atoms with Crippen molar-refractivity contribution in [1.82, 2.24) is 0 Å². The zero-order chi connectivity index (χ0) is 21.5. The molecule has 160 valence electrons. The number of Topliss-reactive ketones (excluding diaryl/α,β-unsaturated/α-hetero) is 1. The van der Waals surface area contributed by atoms with E-state index in [-0.39, 0.29) is 12.4 Å². The molecular weight excluding hydrogens is 384 g/mol. The molecule has 30 heavy (non-hydrogen) atoms. The molecule has 0 radical (unpaired) electrons. The number of ketones is 1. The van der Waals surface area contributed by atoms with E-state index >= 15 is 0 Å². The zero-order valence-electron chi connectivity index (χ0n) is 17.8. The second-order valence-corrected chi connectivity index (χ2v) is 7.06. The highest BCUT2D eigenvalue weighted by Gasteiger charge is 2.23. The van der Waals surface area contributed by atoms with Gasteiger partial charge in [-0.15, -0.1) is 0 Å². The van der Waals surface area contributed by atoms with Gasteiger partial charge in [-0.3, -0.25) is 4.79 Å². The number of aryl methyl sites for hydroxylation is 1. The molecule has 0 heterocycles. The van der Waals surface area contributed by atoms with Gasteiger partial charge in [-0.2, -0.15) is 0 Å². The fourth-order valence-electron chi connectivity index (χ4n) is 3.48. The number of methoxy groups -OCH3 is 1. The van der Waals surface area contributed by atoms with Crippen LogP contribution in [0.15, 0.2) is 30.3 Å². The molecule has 0 bridgehead atoms. The van der Waals surface area contributed by atoms with E-state index in [1.54, 1.807) is 7.11 Å². The van der Waals surface area contributed by atoms with Gasteiger partial charge >= 0.3 is 5.97 Å². The van der Waals surface area contributed by atoms with Crippen LogP contribution in [0, 0.1) is 0 Å². The van der Waals surface area contributed by atoms with E-state index in [0.29, 0.717) is 36.9 Å². The van der Waals surface area contributed by atoms with Crippen molar-refractivity contribution < 1.29 is 28.5 Å². The highest BCUT2D eigenvalue weighted by atomic mass is 16.6. The second-order valence-electron chi connectivity index (χ2n) is 7.06. The molecule has 0 unspecified atom stereocenters. The fourth-order valence-corrected chi connectivity index (χ4v) is 3.48. The molecule has 3 rings (SSSR count). The molecule has 6 nitrogen and oxygen atoms in total. The number of benzene rings is 2. The van der Waals surface area contributed by atoms with Crippen molar-refractivity contribution >= 4 is 11.8 Å². The van der Waals surface area contributed by atoms with Crippen LogP contribution in [0.2, 0.25) is 0 Å². The Morgan fingerprint density at radius 1 is 1.00 bits per heavy atom. The normalized spacial score (nSPS) is 12.4. The first kappa shape index (κ1) is 21.7. The van der Waals surface area contributed by atoms with Crippen molar-refractivity contribution in [3.8, 4) is 28.4 Å². The first-order valence-electron chi connectivity index (χ1n) is 10.4. The lowest BCUT2D eigenvalue weighted by atomic mass is 9.99. The van der Waals surface area contributed by atoms with Gasteiger partial charge in [0.05, 0.1) is 20.3 Å². The van der Waals surface area contributed by atoms with Crippen LogP contribution in [-0.4, -0.2) is 38.7 Å². The number of ether oxygens (including phenoxy) is 4. The quantitative estimate of drug-likeness (QED) is 0.419. The smallest absolute Gasteiger partial charge is 0.344 e. The summed E-state index contributed by atoms with van der Waals surface area (Å²) in [5.74, 6) is 1.13. The standard InChI is InChI=1S/C24H28O6/c1-4-6-13-29-22(26)15-30-23-19(10-12-21(27-3)24(23)28-5-2)17-7-9-18-16(14-17)8-11-20(18)25/h7,9-10,12,14H,4-6,8,11,13,15H2,1-3H3. The van der Waals surface area contributed by atoms with Gasteiger partial charge in [-0.1, -0.05) is 31.5 Å². The molecule has 0 atom stereocenters. The summed E-state index contributed by atoms with van der Waals surface area (Å²) in [4.78, 5) is 24.1. The van der Waals surface area contributed by atoms with E-state index in [4.69, 9.17) is 18.9 Å². The van der Waals surface area contributed by atoms with E-state index in [1.807, 2.05) is 44.2 Å². The fraction of sp³-hybridized carbons (Fsp3) is 0.417. The lowest BCUT2D eigenvalue weighted by Gasteiger charge is -2.19. The Bertz CT molecular complexity index is 918. The SMILES string of the molecule is CCCCOC(=O)COc1c(-c2ccc3c(c2)CCC3=O)ccc(OC)c1OCC. The maximum atomic E-state index is 12.1. The van der Waals surface area contributed by atoms with Gasteiger partial charge in [0.15, 0.2) is 23.9 Å². The molecule has 1 aliphatic rings. The van der Waals surface area contributed by atoms with Crippen LogP contribution >= 0.6 is 0 Å². The molecule has 0 fully saturated rings. The number of rotatable bonds is 10. The van der Waals surface area contributed by atoms with Crippen LogP contribution in [0.1, 0.15) is 49.0 Å². The molecule has 2 aromatic rings. The molecule has 0 N–H and O–H groups in total. The third kappa shape index (κ3) is 4.75. The monoisotopic (exact) mass is 412 g/mol. The highest BCUT2D eigenvalue weighted by Crippen LogP contribution is 2.45. The van der Waals surface area contributed by atoms with E-state index in [9.17, 15) is 9.59 Å². The summed E-state index contributed by atoms with van der Waals surface area (Å²) in [7, 11) is 1.56. The maximum Gasteiger partial charge on any atom is 0.344 e. The van der Waals surface area contributed by atoms with Gasteiger partial charge in [-0.05, 0) is 43.0 Å². The minimum Gasteiger partial charge on any atom is -0.493 e. The van der Waals surface area contributed by atoms with E-state index in [0.717, 1.165) is 41.5 Å². The molecule has 1 aliphatic carbocycles. The van der Waals surface area contributed by atoms with Crippen LogP contribution in [0.5, 0.6) is 17.2 Å². The number of carbonyl (C=O) groups is 2. The minimum absolute atomic E-state index is 0.174. The highest BCUT2D eigenvalue weighted by molar-refractivity contribution is 6.01. The summed E-state index contributed by atoms with van der Waals surface area (Å²) in [6, 6.07) is 9.44. The molecule has 0 saturated heterocycles. The van der Waals surface area contributed by atoms with Crippen LogP contribution in [0.3, 0.4) is 0 Å². The molecule has 0 saturated carbocycles. The Kier molecular flexibility index (Phi) is 7.33. The third-order valence-electron chi connectivity index (χ3n) is 5.02. The number of carbonyl (C=O) groups excluding carboxylic acids is 2. The van der Waals surface area contributed by atoms with E-state index < -0.39 is 5.97 Å². The minimum atomic E-state index is -0.431. The zero-order valence-corrected chi connectivity index (χ0v) is 17.8. The Labute approximate surface area is 177 Å². The van der Waals surface area contributed by atoms with Crippen molar-refractivity contribution in [1.29, 1.82) is 0 Å². The number of hydrogen-bond acceptors (Lipinski definition) is 6. The predicted molar refractivity (Wildman–Crippen MR) is 114 cm³/mol. The van der Waals surface area contributed by atoms with E-state index in [2.05, 4.69) is 0 Å². The molecule has 0 aliphatic heterocycles. The van der Waals surface area contributed by atoms with Crippen molar-refractivity contribution in [2.75, 3.05) is 26.9 Å². The summed E-state index contributed by atoms with van der Waals surface area (Å²) in [6.07, 6.45) is 3.03. The average Bonchev–Trinajstić information content (AvgIpc) is 3.13. The van der Waals surface area contributed by atoms with Gasteiger partial charge in [-0.25, -0.2) is 4.79 Å². The maximum absolute atomic E-state index is 12.1. The van der Waals surface area contributed by atoms with Crippen molar-refractivity contribution in [3.05, 3.63) is 41.5 Å². The molecule has 0 spiro atoms. The average molecular weight is 412 g/mol. The lowest BCUT2D eigenvalue weighted by Crippen LogP contribution is -2.16. The van der Waals surface area contributed by atoms with Crippen LogP contribution < -0.4 is 14.2 Å². The Balaban J connectivity index is 1.95. The molecule has 0 amide bonds. The molecular formula is C24H28O6. The number of esters is 1. The van der Waals surface area contributed by atoms with Gasteiger partial charge in [0.1, 0.15) is 0 Å². The second kappa shape index (κ2) is 10.1. The third-order valence-corrected chi connectivity index (χ3v) is 5.02. The molecule has 6 heteroatoms. The van der Waals surface area contributed by atoms with Gasteiger partial charge < -0.3 is 18.9 Å². The summed E-state index contributed by atoms with van der Waals surface area (Å²) < 4.78 is 22.4. The van der Waals surface area contributed by atoms with Crippen LogP contribution in [-0.2, 0) is 16.0 Å². The summed E-state index contributed by atoms with van der Waals surface area (Å²) in [6.45, 7) is 4.46. The lowest BCUT2D eigenvalue weighted by molar-refractivity contribution is -0.146. The topological polar surface area (TPSA) is 71.1 Å². The molecule has 2 aromatic carbocycles. The largest absolute Gasteiger partial charge is 0.493 e. The van der Waals surface area contributed by atoms with Gasteiger partial charge in [0.2, 0.25) is 5.75 Å². The first-order valence-corrected chi connectivity index (χ1v) is 10.4. The number of unbranched alkanes of at least 4 members (excludes halogenated alkanes) is 1. The number of fused-ring (bicyclic) bond motifs is 1. The summed E-state index contributed by atoms with van der Waals surface area (Å²) in [5.41, 5.74) is 3.46. The van der Waals surface area contributed by atoms with Crippen molar-refractivity contribution in [3.63, 3.8) is 0 Å². The summed E-state index contributed by atoms with van der Waals surface area (Å²) >= 11 is 0.